The van der Waals surface area contributed by atoms with Crippen molar-refractivity contribution in [3.63, 3.8) is 0 Å². The van der Waals surface area contributed by atoms with Crippen molar-refractivity contribution in [2.75, 3.05) is 6.61 Å². The minimum atomic E-state index is -1.81. The van der Waals surface area contributed by atoms with E-state index < -0.39 is 18.6 Å². The van der Waals surface area contributed by atoms with Crippen LogP contribution in [0.3, 0.4) is 0 Å². The van der Waals surface area contributed by atoms with Gasteiger partial charge in [-0.05, 0) is 36.7 Å². The van der Waals surface area contributed by atoms with Crippen molar-refractivity contribution in [3.8, 4) is 0 Å². The zero-order chi connectivity index (χ0) is 20.3. The number of para-hydroxylation sites is 2. The molecule has 0 bridgehead atoms. The molecule has 9 heteroatoms. The second-order valence-electron chi connectivity index (χ2n) is 6.87. The molecule has 1 amide bonds. The van der Waals surface area contributed by atoms with E-state index >= 15 is 0 Å². The van der Waals surface area contributed by atoms with Gasteiger partial charge in [0.05, 0.1) is 29.5 Å². The molecule has 28 heavy (non-hydrogen) atoms. The molecular formula is C19H20BN3O5. The van der Waals surface area contributed by atoms with Gasteiger partial charge < -0.3 is 25.0 Å². The summed E-state index contributed by atoms with van der Waals surface area (Å²) in [5.74, 6) is -0.497. The zero-order valence-electron chi connectivity index (χ0n) is 15.2. The highest BCUT2D eigenvalue weighted by Gasteiger charge is 2.28. The number of benzene rings is 2. The van der Waals surface area contributed by atoms with Gasteiger partial charge in [-0.2, -0.15) is 0 Å². The number of carbonyl (C=O) groups excluding carboxylic acids is 2. The highest BCUT2D eigenvalue weighted by atomic mass is 16.4. The summed E-state index contributed by atoms with van der Waals surface area (Å²) in [4.78, 5) is 28.2. The molecule has 3 aromatic rings. The monoisotopic (exact) mass is 381 g/mol. The van der Waals surface area contributed by atoms with Gasteiger partial charge in [-0.15, -0.1) is 0 Å². The van der Waals surface area contributed by atoms with E-state index in [0.29, 0.717) is 6.29 Å². The van der Waals surface area contributed by atoms with E-state index in [4.69, 9.17) is 0 Å². The van der Waals surface area contributed by atoms with Crippen LogP contribution in [-0.2, 0) is 6.54 Å². The highest BCUT2D eigenvalue weighted by Crippen LogP contribution is 2.16. The first-order valence-corrected chi connectivity index (χ1v) is 8.65. The van der Waals surface area contributed by atoms with Crippen molar-refractivity contribution in [3.05, 3.63) is 59.9 Å². The summed E-state index contributed by atoms with van der Waals surface area (Å²) < 4.78 is 1.84. The second kappa shape index (κ2) is 7.93. The lowest BCUT2D eigenvalue weighted by Crippen LogP contribution is -2.52. The smallest absolute Gasteiger partial charge is 0.423 e. The number of amides is 1. The molecule has 1 heterocycles. The SMILES string of the molecule is CC(CO)(Cn1cnc2ccccc21)NC(=O)c1ccc(B(O)O)c(C=O)c1. The normalized spacial score (nSPS) is 13.1. The number of aliphatic hydroxyl groups is 1. The number of fused-ring (bicyclic) bond motifs is 1. The molecule has 0 saturated heterocycles. The van der Waals surface area contributed by atoms with Gasteiger partial charge in [-0.1, -0.05) is 18.2 Å². The fourth-order valence-electron chi connectivity index (χ4n) is 3.04. The topological polar surface area (TPSA) is 125 Å². The molecule has 0 spiro atoms. The third kappa shape index (κ3) is 3.96. The maximum absolute atomic E-state index is 12.7. The van der Waals surface area contributed by atoms with Crippen LogP contribution in [0.15, 0.2) is 48.8 Å². The summed E-state index contributed by atoms with van der Waals surface area (Å²) in [6.45, 7) is 1.66. The number of nitrogens with one attached hydrogen (secondary N) is 1. The van der Waals surface area contributed by atoms with E-state index in [1.165, 1.54) is 18.2 Å². The molecule has 0 aliphatic carbocycles. The fraction of sp³-hybridized carbons (Fsp3) is 0.211. The Bertz CT molecular complexity index is 1020. The van der Waals surface area contributed by atoms with Gasteiger partial charge in [-0.3, -0.25) is 9.59 Å². The standard InChI is InChI=1S/C19H20BN3O5/c1-19(11-25,10-23-12-21-16-4-2-3-5-17(16)23)22-18(26)13-6-7-15(20(27)28)14(8-13)9-24/h2-9,12,25,27-28H,10-11H2,1H3,(H,22,26). The Morgan fingerprint density at radius 1 is 1.29 bits per heavy atom. The molecule has 0 radical (unpaired) electrons. The molecule has 2 aromatic carbocycles. The van der Waals surface area contributed by atoms with Crippen LogP contribution in [0.25, 0.3) is 11.0 Å². The number of aldehydes is 1. The molecule has 0 fully saturated rings. The lowest BCUT2D eigenvalue weighted by Gasteiger charge is -2.29. The average Bonchev–Trinajstić information content (AvgIpc) is 3.10. The van der Waals surface area contributed by atoms with E-state index in [2.05, 4.69) is 10.3 Å². The third-order valence-electron chi connectivity index (χ3n) is 4.57. The van der Waals surface area contributed by atoms with Gasteiger partial charge in [0, 0.05) is 17.7 Å². The first-order chi connectivity index (χ1) is 13.4. The fourth-order valence-corrected chi connectivity index (χ4v) is 3.04. The summed E-state index contributed by atoms with van der Waals surface area (Å²) in [6.07, 6.45) is 2.10. The second-order valence-corrected chi connectivity index (χ2v) is 6.87. The molecule has 0 aliphatic heterocycles. The predicted molar refractivity (Wildman–Crippen MR) is 104 cm³/mol. The largest absolute Gasteiger partial charge is 0.489 e. The van der Waals surface area contributed by atoms with Gasteiger partial charge in [-0.25, -0.2) is 4.98 Å². The van der Waals surface area contributed by atoms with Crippen LogP contribution in [0.1, 0.15) is 27.6 Å². The molecule has 0 aliphatic rings. The molecule has 144 valence electrons. The van der Waals surface area contributed by atoms with E-state index in [1.807, 2.05) is 28.8 Å². The van der Waals surface area contributed by atoms with Crippen LogP contribution in [0.4, 0.5) is 0 Å². The Labute approximate surface area is 161 Å². The molecule has 1 unspecified atom stereocenters. The Hall–Kier alpha value is -3.01. The van der Waals surface area contributed by atoms with Crippen LogP contribution in [-0.4, -0.2) is 56.2 Å². The Kier molecular flexibility index (Phi) is 5.59. The van der Waals surface area contributed by atoms with Crippen LogP contribution >= 0.6 is 0 Å². The van der Waals surface area contributed by atoms with Crippen LogP contribution < -0.4 is 10.8 Å². The van der Waals surface area contributed by atoms with Crippen molar-refractivity contribution in [1.29, 1.82) is 0 Å². The molecule has 8 nitrogen and oxygen atoms in total. The maximum Gasteiger partial charge on any atom is 0.489 e. The third-order valence-corrected chi connectivity index (χ3v) is 4.57. The highest BCUT2D eigenvalue weighted by molar-refractivity contribution is 6.60. The lowest BCUT2D eigenvalue weighted by molar-refractivity contribution is 0.0831. The van der Waals surface area contributed by atoms with Crippen LogP contribution in [0.5, 0.6) is 0 Å². The first-order valence-electron chi connectivity index (χ1n) is 8.65. The van der Waals surface area contributed by atoms with Gasteiger partial charge in [0.1, 0.15) is 6.29 Å². The number of carbonyl (C=O) groups is 2. The van der Waals surface area contributed by atoms with E-state index in [1.54, 1.807) is 13.3 Å². The number of aliphatic hydroxyl groups excluding tert-OH is 1. The zero-order valence-corrected chi connectivity index (χ0v) is 15.2. The number of rotatable bonds is 7. The number of hydrogen-bond acceptors (Lipinski definition) is 6. The quantitative estimate of drug-likeness (QED) is 0.329. The molecular weight excluding hydrogens is 361 g/mol. The van der Waals surface area contributed by atoms with Gasteiger partial charge in [0.15, 0.2) is 0 Å². The van der Waals surface area contributed by atoms with Crippen molar-refractivity contribution < 1.29 is 24.7 Å². The number of nitrogens with zero attached hydrogens (tertiary/aromatic N) is 2. The van der Waals surface area contributed by atoms with Gasteiger partial charge in [0.25, 0.3) is 5.91 Å². The summed E-state index contributed by atoms with van der Waals surface area (Å²) in [6, 6.07) is 11.5. The van der Waals surface area contributed by atoms with Gasteiger partial charge in [0.2, 0.25) is 0 Å². The van der Waals surface area contributed by atoms with Crippen molar-refractivity contribution in [1.82, 2.24) is 14.9 Å². The van der Waals surface area contributed by atoms with Gasteiger partial charge >= 0.3 is 7.12 Å². The van der Waals surface area contributed by atoms with E-state index in [0.717, 1.165) is 11.0 Å². The minimum Gasteiger partial charge on any atom is -0.423 e. The Balaban J connectivity index is 1.83. The molecule has 1 atom stereocenters. The maximum atomic E-state index is 12.7. The van der Waals surface area contributed by atoms with E-state index in [9.17, 15) is 24.7 Å². The lowest BCUT2D eigenvalue weighted by atomic mass is 9.77. The first kappa shape index (κ1) is 19.7. The summed E-state index contributed by atoms with van der Waals surface area (Å²) in [5.41, 5.74) is 0.887. The summed E-state index contributed by atoms with van der Waals surface area (Å²) >= 11 is 0. The predicted octanol–water partition coefficient (Wildman–Crippen LogP) is -0.290. The molecule has 0 saturated carbocycles. The molecule has 4 N–H and O–H groups in total. The molecule has 1 aromatic heterocycles. The number of imidazole rings is 1. The Morgan fingerprint density at radius 3 is 2.71 bits per heavy atom. The number of aromatic nitrogens is 2. The minimum absolute atomic E-state index is 0.00829. The number of hydrogen-bond donors (Lipinski definition) is 4. The summed E-state index contributed by atoms with van der Waals surface area (Å²) in [7, 11) is -1.81. The average molecular weight is 381 g/mol. The molecule has 3 rings (SSSR count). The van der Waals surface area contributed by atoms with Crippen molar-refractivity contribution in [2.45, 2.75) is 19.0 Å². The summed E-state index contributed by atoms with van der Waals surface area (Å²) in [5, 5.41) is 31.2. The van der Waals surface area contributed by atoms with Crippen molar-refractivity contribution >= 4 is 35.8 Å². The van der Waals surface area contributed by atoms with E-state index in [-0.39, 0.29) is 29.7 Å². The van der Waals surface area contributed by atoms with Crippen LogP contribution in [0, 0.1) is 0 Å². The Morgan fingerprint density at radius 2 is 2.04 bits per heavy atom. The van der Waals surface area contributed by atoms with Crippen LogP contribution in [0.2, 0.25) is 0 Å². The van der Waals surface area contributed by atoms with Crippen molar-refractivity contribution in [2.24, 2.45) is 0 Å².